The third-order valence-corrected chi connectivity index (χ3v) is 2.29. The average molecular weight is 243 g/mol. The van der Waals surface area contributed by atoms with Crippen molar-refractivity contribution in [3.05, 3.63) is 29.0 Å². The van der Waals surface area contributed by atoms with Gasteiger partial charge in [0.2, 0.25) is 0 Å². The summed E-state index contributed by atoms with van der Waals surface area (Å²) in [6, 6.07) is 0. The fraction of sp³-hybridized carbons (Fsp3) is 0.222. The zero-order valence-electron chi connectivity index (χ0n) is 7.38. The topological polar surface area (TPSA) is 48.1 Å². The Hall–Kier alpha value is -0.870. The third kappa shape index (κ3) is 2.08. The van der Waals surface area contributed by atoms with Gasteiger partial charge in [0, 0.05) is 22.8 Å². The first-order valence-electron chi connectivity index (χ1n) is 3.76. The van der Waals surface area contributed by atoms with Crippen LogP contribution < -0.4 is 10.5 Å². The van der Waals surface area contributed by atoms with Gasteiger partial charge in [0.1, 0.15) is 5.75 Å². The lowest BCUT2D eigenvalue weighted by atomic mass is 10.1. The first kappa shape index (κ1) is 10.2. The molecule has 0 spiro atoms. The van der Waals surface area contributed by atoms with Gasteiger partial charge < -0.3 is 10.5 Å². The molecule has 0 bridgehead atoms. The molecular formula is C9H11BrN2O. The minimum Gasteiger partial charge on any atom is -0.494 e. The van der Waals surface area contributed by atoms with Crippen LogP contribution in [-0.4, -0.2) is 18.6 Å². The number of nitrogens with two attached hydrogens (primary N) is 1. The predicted octanol–water partition coefficient (Wildman–Crippen LogP) is 1.82. The second kappa shape index (κ2) is 4.39. The Morgan fingerprint density at radius 1 is 1.69 bits per heavy atom. The van der Waals surface area contributed by atoms with E-state index in [1.165, 1.54) is 0 Å². The first-order valence-corrected chi connectivity index (χ1v) is 4.55. The fourth-order valence-corrected chi connectivity index (χ4v) is 1.61. The van der Waals surface area contributed by atoms with Crippen LogP contribution in [0, 0.1) is 0 Å². The van der Waals surface area contributed by atoms with Gasteiger partial charge in [-0.1, -0.05) is 6.58 Å². The number of hydrogen-bond acceptors (Lipinski definition) is 3. The van der Waals surface area contributed by atoms with Crippen LogP contribution in [0.5, 0.6) is 5.75 Å². The predicted molar refractivity (Wildman–Crippen MR) is 56.6 cm³/mol. The molecule has 3 nitrogen and oxygen atoms in total. The van der Waals surface area contributed by atoms with Gasteiger partial charge in [-0.25, -0.2) is 0 Å². The van der Waals surface area contributed by atoms with Gasteiger partial charge in [0.05, 0.1) is 13.3 Å². The maximum atomic E-state index is 5.50. The Balaban J connectivity index is 3.22. The standard InChI is InChI=1S/C9H11BrN2O/c1-6(3-11)9-7(10)4-12-5-8(9)13-2/h4-5H,1,3,11H2,2H3. The zero-order valence-corrected chi connectivity index (χ0v) is 8.97. The molecule has 0 aliphatic rings. The smallest absolute Gasteiger partial charge is 0.145 e. The summed E-state index contributed by atoms with van der Waals surface area (Å²) < 4.78 is 5.99. The lowest BCUT2D eigenvalue weighted by Gasteiger charge is -2.10. The molecule has 1 rings (SSSR count). The lowest BCUT2D eigenvalue weighted by molar-refractivity contribution is 0.411. The van der Waals surface area contributed by atoms with Crippen molar-refractivity contribution in [2.45, 2.75) is 0 Å². The third-order valence-electron chi connectivity index (χ3n) is 1.68. The van der Waals surface area contributed by atoms with Crippen LogP contribution in [0.2, 0.25) is 0 Å². The molecular weight excluding hydrogens is 232 g/mol. The number of nitrogens with zero attached hydrogens (tertiary/aromatic N) is 1. The molecule has 0 saturated carbocycles. The minimum atomic E-state index is 0.402. The van der Waals surface area contributed by atoms with Crippen LogP contribution in [-0.2, 0) is 0 Å². The van der Waals surface area contributed by atoms with Gasteiger partial charge in [-0.3, -0.25) is 4.98 Å². The second-order valence-corrected chi connectivity index (χ2v) is 3.36. The van der Waals surface area contributed by atoms with Crippen molar-refractivity contribution >= 4 is 21.5 Å². The van der Waals surface area contributed by atoms with Crippen molar-refractivity contribution in [3.63, 3.8) is 0 Å². The largest absolute Gasteiger partial charge is 0.494 e. The molecule has 0 radical (unpaired) electrons. The van der Waals surface area contributed by atoms with Gasteiger partial charge in [0.15, 0.2) is 0 Å². The quantitative estimate of drug-likeness (QED) is 0.880. The van der Waals surface area contributed by atoms with Crippen molar-refractivity contribution in [2.75, 3.05) is 13.7 Å². The van der Waals surface area contributed by atoms with Crippen LogP contribution in [0.1, 0.15) is 5.56 Å². The van der Waals surface area contributed by atoms with Crippen molar-refractivity contribution in [3.8, 4) is 5.75 Å². The lowest BCUT2D eigenvalue weighted by Crippen LogP contribution is -2.03. The molecule has 4 heteroatoms. The summed E-state index contributed by atoms with van der Waals surface area (Å²) in [6.45, 7) is 4.25. The highest BCUT2D eigenvalue weighted by Crippen LogP contribution is 2.30. The summed E-state index contributed by atoms with van der Waals surface area (Å²) in [5.74, 6) is 0.685. The van der Waals surface area contributed by atoms with E-state index in [1.807, 2.05) is 0 Å². The summed E-state index contributed by atoms with van der Waals surface area (Å²) in [4.78, 5) is 3.98. The Morgan fingerprint density at radius 3 is 2.92 bits per heavy atom. The molecule has 13 heavy (non-hydrogen) atoms. The number of rotatable bonds is 3. The van der Waals surface area contributed by atoms with E-state index in [9.17, 15) is 0 Å². The molecule has 0 fully saturated rings. The van der Waals surface area contributed by atoms with Crippen LogP contribution in [0.25, 0.3) is 5.57 Å². The number of aromatic nitrogens is 1. The molecule has 2 N–H and O–H groups in total. The molecule has 0 aromatic carbocycles. The van der Waals surface area contributed by atoms with E-state index in [0.717, 1.165) is 15.6 Å². The van der Waals surface area contributed by atoms with E-state index in [1.54, 1.807) is 19.5 Å². The highest BCUT2D eigenvalue weighted by Gasteiger charge is 2.09. The summed E-state index contributed by atoms with van der Waals surface area (Å²) in [5.41, 5.74) is 7.21. The zero-order chi connectivity index (χ0) is 9.84. The maximum absolute atomic E-state index is 5.50. The van der Waals surface area contributed by atoms with Gasteiger partial charge in [-0.15, -0.1) is 0 Å². The fourth-order valence-electron chi connectivity index (χ4n) is 1.02. The first-order chi connectivity index (χ1) is 6.20. The van der Waals surface area contributed by atoms with Gasteiger partial charge >= 0.3 is 0 Å². The van der Waals surface area contributed by atoms with E-state index in [4.69, 9.17) is 10.5 Å². The molecule has 0 aliphatic heterocycles. The Labute approximate surface area is 85.7 Å². The highest BCUT2D eigenvalue weighted by atomic mass is 79.9. The summed E-state index contributed by atoms with van der Waals surface area (Å²) in [5, 5.41) is 0. The van der Waals surface area contributed by atoms with E-state index in [2.05, 4.69) is 27.5 Å². The van der Waals surface area contributed by atoms with Crippen LogP contribution in [0.3, 0.4) is 0 Å². The van der Waals surface area contributed by atoms with Crippen LogP contribution >= 0.6 is 15.9 Å². The molecule has 0 atom stereocenters. The van der Waals surface area contributed by atoms with Crippen molar-refractivity contribution in [1.29, 1.82) is 0 Å². The average Bonchev–Trinajstić information content (AvgIpc) is 2.16. The number of methoxy groups -OCH3 is 1. The minimum absolute atomic E-state index is 0.402. The van der Waals surface area contributed by atoms with Gasteiger partial charge in [-0.2, -0.15) is 0 Å². The van der Waals surface area contributed by atoms with Crippen LogP contribution in [0.4, 0.5) is 0 Å². The molecule has 1 aromatic heterocycles. The highest BCUT2D eigenvalue weighted by molar-refractivity contribution is 9.10. The van der Waals surface area contributed by atoms with E-state index < -0.39 is 0 Å². The van der Waals surface area contributed by atoms with E-state index in [-0.39, 0.29) is 0 Å². The van der Waals surface area contributed by atoms with Crippen molar-refractivity contribution in [2.24, 2.45) is 5.73 Å². The van der Waals surface area contributed by atoms with Gasteiger partial charge in [-0.05, 0) is 21.5 Å². The Kier molecular flexibility index (Phi) is 3.45. The molecule has 0 amide bonds. The Morgan fingerprint density at radius 2 is 2.38 bits per heavy atom. The summed E-state index contributed by atoms with van der Waals surface area (Å²) >= 11 is 3.37. The molecule has 0 unspecified atom stereocenters. The number of halogens is 1. The molecule has 0 saturated heterocycles. The summed E-state index contributed by atoms with van der Waals surface area (Å²) in [6.07, 6.45) is 3.33. The molecule has 0 aliphatic carbocycles. The second-order valence-electron chi connectivity index (χ2n) is 2.51. The molecule has 1 aromatic rings. The van der Waals surface area contributed by atoms with Crippen molar-refractivity contribution in [1.82, 2.24) is 4.98 Å². The van der Waals surface area contributed by atoms with Crippen LogP contribution in [0.15, 0.2) is 23.4 Å². The number of ether oxygens (including phenoxy) is 1. The monoisotopic (exact) mass is 242 g/mol. The van der Waals surface area contributed by atoms with Crippen molar-refractivity contribution < 1.29 is 4.74 Å². The molecule has 1 heterocycles. The Bertz CT molecular complexity index is 325. The SMILES string of the molecule is C=C(CN)c1c(Br)cncc1OC. The number of pyridine rings is 1. The van der Waals surface area contributed by atoms with E-state index >= 15 is 0 Å². The maximum Gasteiger partial charge on any atom is 0.145 e. The summed E-state index contributed by atoms with van der Waals surface area (Å²) in [7, 11) is 1.59. The number of hydrogen-bond donors (Lipinski definition) is 1. The van der Waals surface area contributed by atoms with E-state index in [0.29, 0.717) is 12.3 Å². The normalized spacial score (nSPS) is 9.77. The molecule has 70 valence electrons. The van der Waals surface area contributed by atoms with Gasteiger partial charge in [0.25, 0.3) is 0 Å².